The van der Waals surface area contributed by atoms with E-state index in [1.54, 1.807) is 11.3 Å². The van der Waals surface area contributed by atoms with Crippen molar-refractivity contribution in [1.29, 1.82) is 0 Å². The maximum atomic E-state index is 6.01. The van der Waals surface area contributed by atoms with E-state index in [0.717, 1.165) is 35.2 Å². The van der Waals surface area contributed by atoms with Gasteiger partial charge in [-0.3, -0.25) is 0 Å². The number of benzene rings is 1. The summed E-state index contributed by atoms with van der Waals surface area (Å²) in [7, 11) is 0. The van der Waals surface area contributed by atoms with Gasteiger partial charge in [-0.25, -0.2) is 0 Å². The first kappa shape index (κ1) is 15.8. The predicted molar refractivity (Wildman–Crippen MR) is 90.3 cm³/mol. The van der Waals surface area contributed by atoms with Crippen LogP contribution in [-0.2, 0) is 12.8 Å². The Hall–Kier alpha value is -0.540. The lowest BCUT2D eigenvalue weighted by Gasteiger charge is -2.18. The molecule has 20 heavy (non-hydrogen) atoms. The van der Waals surface area contributed by atoms with Crippen molar-refractivity contribution >= 4 is 34.5 Å². The molecule has 0 saturated heterocycles. The van der Waals surface area contributed by atoms with Gasteiger partial charge in [0, 0.05) is 15.9 Å². The minimum atomic E-state index is 0.436. The van der Waals surface area contributed by atoms with Gasteiger partial charge in [0.15, 0.2) is 0 Å². The van der Waals surface area contributed by atoms with E-state index in [9.17, 15) is 0 Å². The molecule has 0 saturated carbocycles. The van der Waals surface area contributed by atoms with Crippen LogP contribution in [-0.4, -0.2) is 12.6 Å². The van der Waals surface area contributed by atoms with E-state index < -0.39 is 0 Å². The molecule has 0 aliphatic heterocycles. The first-order valence-corrected chi connectivity index (χ1v) is 8.46. The van der Waals surface area contributed by atoms with E-state index in [-0.39, 0.29) is 0 Å². The van der Waals surface area contributed by atoms with E-state index in [1.165, 1.54) is 10.4 Å². The van der Waals surface area contributed by atoms with Gasteiger partial charge < -0.3 is 5.32 Å². The molecule has 0 radical (unpaired) electrons. The van der Waals surface area contributed by atoms with Gasteiger partial charge in [-0.2, -0.15) is 0 Å². The number of rotatable bonds is 7. The Labute approximate surface area is 134 Å². The minimum absolute atomic E-state index is 0.436. The van der Waals surface area contributed by atoms with Crippen LogP contribution in [0.15, 0.2) is 36.4 Å². The van der Waals surface area contributed by atoms with Crippen molar-refractivity contribution in [2.75, 3.05) is 6.54 Å². The molecule has 0 aliphatic rings. The number of hydrogen-bond donors (Lipinski definition) is 1. The largest absolute Gasteiger partial charge is 0.313 e. The molecular weight excluding hydrogens is 309 g/mol. The number of hydrogen-bond acceptors (Lipinski definition) is 2. The molecule has 0 spiro atoms. The fourth-order valence-electron chi connectivity index (χ4n) is 2.17. The van der Waals surface area contributed by atoms with Crippen LogP contribution in [0.5, 0.6) is 0 Å². The SMILES string of the molecule is CCCNC(Cc1ccc(Cl)cc1)Cc1ccc(Cl)s1. The van der Waals surface area contributed by atoms with Crippen molar-refractivity contribution in [3.8, 4) is 0 Å². The van der Waals surface area contributed by atoms with E-state index in [2.05, 4.69) is 30.4 Å². The zero-order valence-corrected chi connectivity index (χ0v) is 13.9. The molecule has 0 bridgehead atoms. The van der Waals surface area contributed by atoms with Crippen molar-refractivity contribution in [2.24, 2.45) is 0 Å². The predicted octanol–water partition coefficient (Wildman–Crippen LogP) is 5.21. The van der Waals surface area contributed by atoms with E-state index >= 15 is 0 Å². The topological polar surface area (TPSA) is 12.0 Å². The Bertz CT molecular complexity index is 522. The molecule has 108 valence electrons. The number of thiophene rings is 1. The summed E-state index contributed by atoms with van der Waals surface area (Å²) in [5.41, 5.74) is 1.31. The van der Waals surface area contributed by atoms with Crippen molar-refractivity contribution in [3.63, 3.8) is 0 Å². The lowest BCUT2D eigenvalue weighted by atomic mass is 10.0. The highest BCUT2D eigenvalue weighted by molar-refractivity contribution is 7.16. The van der Waals surface area contributed by atoms with Gasteiger partial charge in [-0.05, 0) is 55.6 Å². The van der Waals surface area contributed by atoms with Gasteiger partial charge in [-0.15, -0.1) is 11.3 Å². The quantitative estimate of drug-likeness (QED) is 0.736. The third kappa shape index (κ3) is 5.10. The van der Waals surface area contributed by atoms with E-state index in [4.69, 9.17) is 23.2 Å². The fraction of sp³-hybridized carbons (Fsp3) is 0.375. The summed E-state index contributed by atoms with van der Waals surface area (Å²) < 4.78 is 0.862. The molecule has 0 aliphatic carbocycles. The van der Waals surface area contributed by atoms with Crippen molar-refractivity contribution in [2.45, 2.75) is 32.2 Å². The monoisotopic (exact) mass is 327 g/mol. The molecular formula is C16H19Cl2NS. The molecule has 1 unspecified atom stereocenters. The average Bonchev–Trinajstić information content (AvgIpc) is 2.84. The highest BCUT2D eigenvalue weighted by Gasteiger charge is 2.11. The Morgan fingerprint density at radius 3 is 2.40 bits per heavy atom. The third-order valence-electron chi connectivity index (χ3n) is 3.15. The summed E-state index contributed by atoms with van der Waals surface area (Å²) in [6.07, 6.45) is 3.16. The molecule has 1 aromatic carbocycles. The average molecular weight is 328 g/mol. The molecule has 2 rings (SSSR count). The summed E-state index contributed by atoms with van der Waals surface area (Å²) in [4.78, 5) is 1.33. The molecule has 1 nitrogen and oxygen atoms in total. The maximum Gasteiger partial charge on any atom is 0.0931 e. The highest BCUT2D eigenvalue weighted by atomic mass is 35.5. The van der Waals surface area contributed by atoms with E-state index in [0.29, 0.717) is 6.04 Å². The fourth-order valence-corrected chi connectivity index (χ4v) is 3.47. The minimum Gasteiger partial charge on any atom is -0.313 e. The molecule has 1 heterocycles. The standard InChI is InChI=1S/C16H19Cl2NS/c1-2-9-19-14(11-15-7-8-16(18)20-15)10-12-3-5-13(17)6-4-12/h3-8,14,19H,2,9-11H2,1H3. The second kappa shape index (κ2) is 8.04. The van der Waals surface area contributed by atoms with Crippen LogP contribution in [0.2, 0.25) is 9.36 Å². The molecule has 1 N–H and O–H groups in total. The summed E-state index contributed by atoms with van der Waals surface area (Å²) >= 11 is 13.6. The Balaban J connectivity index is 2.00. The first-order chi connectivity index (χ1) is 9.67. The highest BCUT2D eigenvalue weighted by Crippen LogP contribution is 2.23. The van der Waals surface area contributed by atoms with Crippen molar-refractivity contribution < 1.29 is 0 Å². The van der Waals surface area contributed by atoms with Crippen LogP contribution in [0, 0.1) is 0 Å². The van der Waals surface area contributed by atoms with Gasteiger partial charge in [0.2, 0.25) is 0 Å². The summed E-state index contributed by atoms with van der Waals surface area (Å²) in [6, 6.07) is 12.6. The van der Waals surface area contributed by atoms with Crippen LogP contribution in [0.4, 0.5) is 0 Å². The van der Waals surface area contributed by atoms with E-state index in [1.807, 2.05) is 18.2 Å². The van der Waals surface area contributed by atoms with Crippen molar-refractivity contribution in [1.82, 2.24) is 5.32 Å². The zero-order valence-electron chi connectivity index (χ0n) is 11.5. The van der Waals surface area contributed by atoms with Crippen LogP contribution in [0.3, 0.4) is 0 Å². The molecule has 2 aromatic rings. The molecule has 0 amide bonds. The number of nitrogens with one attached hydrogen (secondary N) is 1. The zero-order chi connectivity index (χ0) is 14.4. The van der Waals surface area contributed by atoms with Gasteiger partial charge in [0.25, 0.3) is 0 Å². The summed E-state index contributed by atoms with van der Waals surface area (Å²) in [5, 5.41) is 4.41. The lowest BCUT2D eigenvalue weighted by molar-refractivity contribution is 0.507. The molecule has 4 heteroatoms. The van der Waals surface area contributed by atoms with Crippen LogP contribution >= 0.6 is 34.5 Å². The Morgan fingerprint density at radius 2 is 1.80 bits per heavy atom. The smallest absolute Gasteiger partial charge is 0.0931 e. The van der Waals surface area contributed by atoms with Gasteiger partial charge in [0.1, 0.15) is 0 Å². The number of halogens is 2. The summed E-state index contributed by atoms with van der Waals surface area (Å²) in [6.45, 7) is 3.23. The third-order valence-corrected chi connectivity index (χ3v) is 4.66. The normalized spacial score (nSPS) is 12.6. The Morgan fingerprint density at radius 1 is 1.05 bits per heavy atom. The molecule has 0 fully saturated rings. The van der Waals surface area contributed by atoms with Gasteiger partial charge in [0.05, 0.1) is 4.34 Å². The lowest BCUT2D eigenvalue weighted by Crippen LogP contribution is -2.33. The second-order valence-corrected chi connectivity index (χ2v) is 7.13. The van der Waals surface area contributed by atoms with Gasteiger partial charge >= 0.3 is 0 Å². The van der Waals surface area contributed by atoms with Crippen molar-refractivity contribution in [3.05, 3.63) is 56.2 Å². The Kier molecular flexibility index (Phi) is 6.37. The van der Waals surface area contributed by atoms with Crippen LogP contribution in [0.1, 0.15) is 23.8 Å². The second-order valence-electron chi connectivity index (χ2n) is 4.89. The molecule has 1 aromatic heterocycles. The summed E-state index contributed by atoms with van der Waals surface area (Å²) in [5.74, 6) is 0. The molecule has 1 atom stereocenters. The first-order valence-electron chi connectivity index (χ1n) is 6.89. The maximum absolute atomic E-state index is 6.01. The van der Waals surface area contributed by atoms with Crippen LogP contribution in [0.25, 0.3) is 0 Å². The van der Waals surface area contributed by atoms with Gasteiger partial charge in [-0.1, -0.05) is 42.3 Å². The van der Waals surface area contributed by atoms with Crippen LogP contribution < -0.4 is 5.32 Å².